The lowest BCUT2D eigenvalue weighted by atomic mass is 10.0. The van der Waals surface area contributed by atoms with Crippen molar-refractivity contribution in [3.8, 4) is 5.75 Å². The second-order valence-electron chi connectivity index (χ2n) is 5.73. The highest BCUT2D eigenvalue weighted by molar-refractivity contribution is 5.78. The van der Waals surface area contributed by atoms with Gasteiger partial charge in [-0.05, 0) is 48.9 Å². The molecule has 1 aromatic carbocycles. The first kappa shape index (κ1) is 14.7. The maximum Gasteiger partial charge on any atom is 0.191 e. The number of aliphatic imine (C=N–C) groups is 1. The van der Waals surface area contributed by atoms with Crippen molar-refractivity contribution in [2.45, 2.75) is 33.2 Å². The van der Waals surface area contributed by atoms with Crippen molar-refractivity contribution in [2.75, 3.05) is 20.2 Å². The molecule has 1 fully saturated rings. The molecule has 0 bridgehead atoms. The van der Waals surface area contributed by atoms with Gasteiger partial charge in [0.1, 0.15) is 5.75 Å². The third-order valence-corrected chi connectivity index (χ3v) is 3.75. The molecule has 1 atom stereocenters. The number of benzene rings is 1. The van der Waals surface area contributed by atoms with Crippen LogP contribution >= 0.6 is 0 Å². The van der Waals surface area contributed by atoms with Gasteiger partial charge in [-0.15, -0.1) is 0 Å². The van der Waals surface area contributed by atoms with E-state index in [1.807, 2.05) is 12.1 Å². The molecule has 0 spiro atoms. The van der Waals surface area contributed by atoms with Crippen LogP contribution in [-0.4, -0.2) is 31.1 Å². The predicted molar refractivity (Wildman–Crippen MR) is 83.0 cm³/mol. The first-order valence-electron chi connectivity index (χ1n) is 7.28. The molecule has 4 nitrogen and oxygen atoms in total. The molecular weight excluding hydrogens is 250 g/mol. The van der Waals surface area contributed by atoms with Crippen LogP contribution in [0.4, 0.5) is 0 Å². The zero-order valence-electron chi connectivity index (χ0n) is 12.7. The van der Waals surface area contributed by atoms with Crippen molar-refractivity contribution in [3.63, 3.8) is 0 Å². The highest BCUT2D eigenvalue weighted by atomic mass is 16.5. The van der Waals surface area contributed by atoms with E-state index in [1.165, 1.54) is 18.4 Å². The first-order chi connectivity index (χ1) is 9.58. The average molecular weight is 275 g/mol. The number of guanidine groups is 1. The van der Waals surface area contributed by atoms with Crippen LogP contribution in [0.1, 0.15) is 30.9 Å². The molecule has 20 heavy (non-hydrogen) atoms. The number of aryl methyl sites for hydroxylation is 1. The minimum atomic E-state index is 0.606. The van der Waals surface area contributed by atoms with Gasteiger partial charge in [-0.25, -0.2) is 4.99 Å². The lowest BCUT2D eigenvalue weighted by Gasteiger charge is -2.31. The largest absolute Gasteiger partial charge is 0.497 e. The quantitative estimate of drug-likeness (QED) is 0.681. The fraction of sp³-hybridized carbons (Fsp3) is 0.562. The summed E-state index contributed by atoms with van der Waals surface area (Å²) in [5.74, 6) is 2.24. The number of nitrogens with zero attached hydrogens (tertiary/aromatic N) is 2. The summed E-state index contributed by atoms with van der Waals surface area (Å²) >= 11 is 0. The van der Waals surface area contributed by atoms with E-state index >= 15 is 0 Å². The van der Waals surface area contributed by atoms with Crippen LogP contribution in [0.3, 0.4) is 0 Å². The number of ether oxygens (including phenoxy) is 1. The third-order valence-electron chi connectivity index (χ3n) is 3.75. The summed E-state index contributed by atoms with van der Waals surface area (Å²) in [7, 11) is 1.69. The molecule has 0 aliphatic carbocycles. The molecule has 0 amide bonds. The molecule has 2 rings (SSSR count). The van der Waals surface area contributed by atoms with Gasteiger partial charge in [-0.1, -0.05) is 13.0 Å². The number of rotatable bonds is 3. The summed E-state index contributed by atoms with van der Waals surface area (Å²) in [4.78, 5) is 6.73. The highest BCUT2D eigenvalue weighted by Gasteiger charge is 2.17. The van der Waals surface area contributed by atoms with E-state index in [1.54, 1.807) is 7.11 Å². The Morgan fingerprint density at radius 1 is 1.45 bits per heavy atom. The van der Waals surface area contributed by atoms with E-state index in [2.05, 4.69) is 29.8 Å². The monoisotopic (exact) mass is 275 g/mol. The van der Waals surface area contributed by atoms with Crippen molar-refractivity contribution in [1.29, 1.82) is 0 Å². The van der Waals surface area contributed by atoms with Crippen molar-refractivity contribution < 1.29 is 4.74 Å². The molecule has 4 heteroatoms. The molecule has 0 radical (unpaired) electrons. The van der Waals surface area contributed by atoms with Crippen LogP contribution in [0, 0.1) is 12.8 Å². The van der Waals surface area contributed by atoms with Gasteiger partial charge in [0.15, 0.2) is 5.96 Å². The second-order valence-corrected chi connectivity index (χ2v) is 5.73. The Balaban J connectivity index is 2.02. The maximum atomic E-state index is 6.11. The van der Waals surface area contributed by atoms with Gasteiger partial charge in [0.25, 0.3) is 0 Å². The van der Waals surface area contributed by atoms with Crippen LogP contribution < -0.4 is 10.5 Å². The molecular formula is C16H25N3O. The van der Waals surface area contributed by atoms with Crippen LogP contribution in [-0.2, 0) is 6.54 Å². The summed E-state index contributed by atoms with van der Waals surface area (Å²) < 4.78 is 5.28. The van der Waals surface area contributed by atoms with Gasteiger partial charge in [-0.3, -0.25) is 0 Å². The fourth-order valence-corrected chi connectivity index (χ4v) is 2.70. The van der Waals surface area contributed by atoms with Gasteiger partial charge in [0.05, 0.1) is 13.7 Å². The molecule has 0 aromatic heterocycles. The standard InChI is InChI=1S/C16H25N3O/c1-12-5-4-6-19(11-12)16(17)18-10-14-7-13(2)8-15(9-14)20-3/h7-9,12H,4-6,10-11H2,1-3H3,(H2,17,18). The first-order valence-corrected chi connectivity index (χ1v) is 7.28. The molecule has 1 aromatic rings. The van der Waals surface area contributed by atoms with Crippen LogP contribution in [0.15, 0.2) is 23.2 Å². The molecule has 1 heterocycles. The van der Waals surface area contributed by atoms with Gasteiger partial charge in [0.2, 0.25) is 0 Å². The van der Waals surface area contributed by atoms with Gasteiger partial charge in [0, 0.05) is 13.1 Å². The molecule has 0 saturated carbocycles. The van der Waals surface area contributed by atoms with Gasteiger partial charge >= 0.3 is 0 Å². The van der Waals surface area contributed by atoms with E-state index < -0.39 is 0 Å². The Morgan fingerprint density at radius 3 is 2.95 bits per heavy atom. The number of nitrogens with two attached hydrogens (primary N) is 1. The van der Waals surface area contributed by atoms with Crippen molar-refractivity contribution in [2.24, 2.45) is 16.6 Å². The van der Waals surface area contributed by atoms with E-state index in [9.17, 15) is 0 Å². The number of hydrogen-bond acceptors (Lipinski definition) is 2. The van der Waals surface area contributed by atoms with E-state index in [0.29, 0.717) is 18.4 Å². The second kappa shape index (κ2) is 6.64. The Morgan fingerprint density at radius 2 is 2.25 bits per heavy atom. The smallest absolute Gasteiger partial charge is 0.191 e. The SMILES string of the molecule is COc1cc(C)cc(CN=C(N)N2CCCC(C)C2)c1. The van der Waals surface area contributed by atoms with Crippen LogP contribution in [0.25, 0.3) is 0 Å². The zero-order chi connectivity index (χ0) is 14.5. The Labute approximate surface area is 121 Å². The lowest BCUT2D eigenvalue weighted by molar-refractivity contribution is 0.270. The maximum absolute atomic E-state index is 6.11. The van der Waals surface area contributed by atoms with Crippen molar-refractivity contribution in [1.82, 2.24) is 4.90 Å². The van der Waals surface area contributed by atoms with E-state index in [4.69, 9.17) is 10.5 Å². The molecule has 1 saturated heterocycles. The van der Waals surface area contributed by atoms with Crippen molar-refractivity contribution >= 4 is 5.96 Å². The van der Waals surface area contributed by atoms with Crippen molar-refractivity contribution in [3.05, 3.63) is 29.3 Å². The minimum Gasteiger partial charge on any atom is -0.497 e. The Hall–Kier alpha value is -1.71. The number of hydrogen-bond donors (Lipinski definition) is 1. The average Bonchev–Trinajstić information content (AvgIpc) is 2.44. The number of methoxy groups -OCH3 is 1. The summed E-state index contributed by atoms with van der Waals surface area (Å²) in [6.07, 6.45) is 2.49. The zero-order valence-corrected chi connectivity index (χ0v) is 12.7. The highest BCUT2D eigenvalue weighted by Crippen LogP contribution is 2.18. The normalized spacial score (nSPS) is 20.1. The predicted octanol–water partition coefficient (Wildman–Crippen LogP) is 2.55. The third kappa shape index (κ3) is 3.89. The van der Waals surface area contributed by atoms with Gasteiger partial charge in [-0.2, -0.15) is 0 Å². The van der Waals surface area contributed by atoms with Crippen LogP contribution in [0.2, 0.25) is 0 Å². The molecule has 1 aliphatic rings. The molecule has 1 aliphatic heterocycles. The summed E-state index contributed by atoms with van der Waals surface area (Å²) in [5, 5.41) is 0. The molecule has 2 N–H and O–H groups in total. The topological polar surface area (TPSA) is 50.9 Å². The van der Waals surface area contributed by atoms with Gasteiger partial charge < -0.3 is 15.4 Å². The molecule has 110 valence electrons. The lowest BCUT2D eigenvalue weighted by Crippen LogP contribution is -2.43. The van der Waals surface area contributed by atoms with E-state index in [0.717, 1.165) is 24.4 Å². The number of likely N-dealkylation sites (tertiary alicyclic amines) is 1. The Bertz CT molecular complexity index is 485. The summed E-state index contributed by atoms with van der Waals surface area (Å²) in [6, 6.07) is 6.16. The van der Waals surface area contributed by atoms with Crippen LogP contribution in [0.5, 0.6) is 5.75 Å². The number of piperidine rings is 1. The minimum absolute atomic E-state index is 0.606. The summed E-state index contributed by atoms with van der Waals surface area (Å²) in [5.41, 5.74) is 8.43. The Kier molecular flexibility index (Phi) is 4.88. The summed E-state index contributed by atoms with van der Waals surface area (Å²) in [6.45, 7) is 6.98. The fourth-order valence-electron chi connectivity index (χ4n) is 2.70. The molecule has 1 unspecified atom stereocenters. The van der Waals surface area contributed by atoms with E-state index in [-0.39, 0.29) is 0 Å².